The Bertz CT molecular complexity index is 199. The average molecular weight is 171 g/mol. The summed E-state index contributed by atoms with van der Waals surface area (Å²) in [6.45, 7) is 4.39. The van der Waals surface area contributed by atoms with Crippen molar-refractivity contribution in [2.75, 3.05) is 20.7 Å². The van der Waals surface area contributed by atoms with Crippen molar-refractivity contribution in [1.29, 1.82) is 0 Å². The summed E-state index contributed by atoms with van der Waals surface area (Å²) < 4.78 is 5.41. The van der Waals surface area contributed by atoms with Crippen LogP contribution in [0.4, 0.5) is 0 Å². The molecule has 1 aliphatic rings. The van der Waals surface area contributed by atoms with Crippen LogP contribution < -0.4 is 0 Å². The van der Waals surface area contributed by atoms with E-state index in [-0.39, 0.29) is 12.1 Å². The van der Waals surface area contributed by atoms with Gasteiger partial charge in [0.1, 0.15) is 6.61 Å². The van der Waals surface area contributed by atoms with Crippen molar-refractivity contribution in [3.63, 3.8) is 0 Å². The Hall–Kier alpha value is -0.540. The fraction of sp³-hybridized carbons (Fsp3) is 0.778. The highest BCUT2D eigenvalue weighted by Crippen LogP contribution is 2.21. The second-order valence-electron chi connectivity index (χ2n) is 3.53. The first-order valence-electron chi connectivity index (χ1n) is 4.18. The van der Waals surface area contributed by atoms with Crippen molar-refractivity contribution in [2.24, 2.45) is 0 Å². The van der Waals surface area contributed by atoms with E-state index in [1.165, 1.54) is 0 Å². The van der Waals surface area contributed by atoms with Gasteiger partial charge < -0.3 is 14.7 Å². The fourth-order valence-corrected chi connectivity index (χ4v) is 1.34. The summed E-state index contributed by atoms with van der Waals surface area (Å²) in [6.07, 6.45) is -0.381. The van der Waals surface area contributed by atoms with Crippen LogP contribution in [-0.4, -0.2) is 42.9 Å². The van der Waals surface area contributed by atoms with Gasteiger partial charge in [-0.05, 0) is 33.5 Å². The highest BCUT2D eigenvalue weighted by Gasteiger charge is 2.28. The molecule has 2 unspecified atom stereocenters. The van der Waals surface area contributed by atoms with Crippen molar-refractivity contribution in [2.45, 2.75) is 26.0 Å². The molecule has 70 valence electrons. The second kappa shape index (κ2) is 3.46. The summed E-state index contributed by atoms with van der Waals surface area (Å²) in [5.74, 6) is 0.862. The predicted octanol–water partition coefficient (Wildman–Crippen LogP) is 0.602. The SMILES string of the molecule is CC1=C(C)C(O)C(N(C)C)CO1. The standard InChI is InChI=1S/C9H17NO2/c1-6-7(2)12-5-8(9(6)11)10(3)4/h8-9,11H,5H2,1-4H3. The number of rotatable bonds is 1. The van der Waals surface area contributed by atoms with Gasteiger partial charge in [-0.3, -0.25) is 0 Å². The van der Waals surface area contributed by atoms with Crippen LogP contribution in [0.2, 0.25) is 0 Å². The Morgan fingerprint density at radius 1 is 1.42 bits per heavy atom. The highest BCUT2D eigenvalue weighted by atomic mass is 16.5. The largest absolute Gasteiger partial charge is 0.496 e. The molecule has 12 heavy (non-hydrogen) atoms. The summed E-state index contributed by atoms with van der Waals surface area (Å²) in [5, 5.41) is 9.80. The molecule has 1 rings (SSSR count). The maximum absolute atomic E-state index is 9.80. The van der Waals surface area contributed by atoms with Gasteiger partial charge in [-0.2, -0.15) is 0 Å². The molecular formula is C9H17NO2. The molecular weight excluding hydrogens is 154 g/mol. The summed E-state index contributed by atoms with van der Waals surface area (Å²) in [6, 6.07) is 0.0914. The van der Waals surface area contributed by atoms with Gasteiger partial charge >= 0.3 is 0 Å². The van der Waals surface area contributed by atoms with Crippen LogP contribution >= 0.6 is 0 Å². The number of hydrogen-bond acceptors (Lipinski definition) is 3. The lowest BCUT2D eigenvalue weighted by Crippen LogP contribution is -2.45. The molecule has 0 saturated heterocycles. The minimum Gasteiger partial charge on any atom is -0.496 e. The first-order chi connectivity index (χ1) is 5.54. The molecule has 0 aliphatic carbocycles. The van der Waals surface area contributed by atoms with E-state index in [2.05, 4.69) is 0 Å². The molecule has 1 heterocycles. The van der Waals surface area contributed by atoms with Crippen molar-refractivity contribution < 1.29 is 9.84 Å². The van der Waals surface area contributed by atoms with E-state index in [0.29, 0.717) is 6.61 Å². The molecule has 0 bridgehead atoms. The third kappa shape index (κ3) is 1.62. The second-order valence-corrected chi connectivity index (χ2v) is 3.53. The first-order valence-corrected chi connectivity index (χ1v) is 4.18. The van der Waals surface area contributed by atoms with Gasteiger partial charge in [0.15, 0.2) is 0 Å². The number of likely N-dealkylation sites (N-methyl/N-ethyl adjacent to an activating group) is 1. The number of aliphatic hydroxyl groups is 1. The van der Waals surface area contributed by atoms with E-state index < -0.39 is 0 Å². The lowest BCUT2D eigenvalue weighted by molar-refractivity contribution is 0.0210. The van der Waals surface area contributed by atoms with Crippen LogP contribution in [0.25, 0.3) is 0 Å². The summed E-state index contributed by atoms with van der Waals surface area (Å²) >= 11 is 0. The van der Waals surface area contributed by atoms with Crippen molar-refractivity contribution >= 4 is 0 Å². The van der Waals surface area contributed by atoms with Gasteiger partial charge in [-0.15, -0.1) is 0 Å². The zero-order valence-electron chi connectivity index (χ0n) is 8.16. The highest BCUT2D eigenvalue weighted by molar-refractivity contribution is 5.15. The van der Waals surface area contributed by atoms with Gasteiger partial charge in [-0.1, -0.05) is 0 Å². The van der Waals surface area contributed by atoms with Gasteiger partial charge in [0.25, 0.3) is 0 Å². The molecule has 0 aromatic heterocycles. The van der Waals surface area contributed by atoms with Gasteiger partial charge in [-0.25, -0.2) is 0 Å². The molecule has 0 fully saturated rings. The van der Waals surface area contributed by atoms with E-state index in [0.717, 1.165) is 11.3 Å². The Kier molecular flexibility index (Phi) is 2.75. The molecule has 3 nitrogen and oxygen atoms in total. The molecule has 2 atom stereocenters. The minimum atomic E-state index is -0.381. The molecule has 0 spiro atoms. The smallest absolute Gasteiger partial charge is 0.106 e. The Balaban J connectivity index is 2.76. The van der Waals surface area contributed by atoms with Crippen molar-refractivity contribution in [3.8, 4) is 0 Å². The van der Waals surface area contributed by atoms with Crippen molar-refractivity contribution in [3.05, 3.63) is 11.3 Å². The van der Waals surface area contributed by atoms with E-state index in [1.54, 1.807) is 0 Å². The van der Waals surface area contributed by atoms with Crippen molar-refractivity contribution in [1.82, 2.24) is 4.90 Å². The predicted molar refractivity (Wildman–Crippen MR) is 47.8 cm³/mol. The third-order valence-corrected chi connectivity index (χ3v) is 2.50. The summed E-state index contributed by atoms with van der Waals surface area (Å²) in [4.78, 5) is 1.99. The molecule has 0 aromatic carbocycles. The Morgan fingerprint density at radius 2 is 2.00 bits per heavy atom. The van der Waals surface area contributed by atoms with E-state index in [1.807, 2.05) is 32.8 Å². The van der Waals surface area contributed by atoms with E-state index in [9.17, 15) is 5.11 Å². The first kappa shape index (κ1) is 9.55. The molecule has 0 amide bonds. The lowest BCUT2D eigenvalue weighted by Gasteiger charge is -2.34. The third-order valence-electron chi connectivity index (χ3n) is 2.50. The fourth-order valence-electron chi connectivity index (χ4n) is 1.34. The normalized spacial score (nSPS) is 30.8. The van der Waals surface area contributed by atoms with Gasteiger partial charge in [0, 0.05) is 0 Å². The number of hydrogen-bond donors (Lipinski definition) is 1. The Labute approximate surface area is 73.6 Å². The minimum absolute atomic E-state index is 0.0914. The van der Waals surface area contributed by atoms with E-state index >= 15 is 0 Å². The van der Waals surface area contributed by atoms with Crippen LogP contribution in [0.1, 0.15) is 13.8 Å². The van der Waals surface area contributed by atoms with Gasteiger partial charge in [0.2, 0.25) is 0 Å². The van der Waals surface area contributed by atoms with Crippen LogP contribution in [0, 0.1) is 0 Å². The van der Waals surface area contributed by atoms with E-state index in [4.69, 9.17) is 4.74 Å². The lowest BCUT2D eigenvalue weighted by atomic mass is 10.0. The van der Waals surface area contributed by atoms with Gasteiger partial charge in [0.05, 0.1) is 17.9 Å². The summed E-state index contributed by atoms with van der Waals surface area (Å²) in [5.41, 5.74) is 0.944. The molecule has 0 saturated carbocycles. The zero-order valence-corrected chi connectivity index (χ0v) is 8.16. The van der Waals surface area contributed by atoms with Crippen LogP contribution in [0.15, 0.2) is 11.3 Å². The Morgan fingerprint density at radius 3 is 2.50 bits per heavy atom. The number of ether oxygens (including phenoxy) is 1. The molecule has 0 aromatic rings. The monoisotopic (exact) mass is 171 g/mol. The number of allylic oxidation sites excluding steroid dienone is 1. The molecule has 1 aliphatic heterocycles. The molecule has 1 N–H and O–H groups in total. The van der Waals surface area contributed by atoms with Crippen LogP contribution in [0.5, 0.6) is 0 Å². The number of nitrogens with zero attached hydrogens (tertiary/aromatic N) is 1. The maximum Gasteiger partial charge on any atom is 0.106 e. The summed E-state index contributed by atoms with van der Waals surface area (Å²) in [7, 11) is 3.90. The molecule has 0 radical (unpaired) electrons. The topological polar surface area (TPSA) is 32.7 Å². The van der Waals surface area contributed by atoms with Crippen LogP contribution in [-0.2, 0) is 4.74 Å². The molecule has 3 heteroatoms. The van der Waals surface area contributed by atoms with Crippen LogP contribution in [0.3, 0.4) is 0 Å². The quantitative estimate of drug-likeness (QED) is 0.627. The average Bonchev–Trinajstić information content (AvgIpc) is 2.00. The number of aliphatic hydroxyl groups excluding tert-OH is 1. The zero-order chi connectivity index (χ0) is 9.30. The maximum atomic E-state index is 9.80.